The number of nitrogens with two attached hydrogens (primary N) is 3. The number of aliphatic hydroxyl groups is 2. The number of rotatable bonds is 16. The van der Waals surface area contributed by atoms with Gasteiger partial charge in [-0.3, -0.25) is 0 Å². The molecule has 28 heteroatoms. The number of nitrogens with zero attached hydrogens (tertiary/aromatic N) is 9. The number of anilines is 5. The second-order valence-corrected chi connectivity index (χ2v) is 176. The molecule has 91 heavy (non-hydrogen) atoms. The molecule has 0 bridgehead atoms. The summed E-state index contributed by atoms with van der Waals surface area (Å²) in [7, 11) is -0.942. The predicted molar refractivity (Wildman–Crippen MR) is 461 cm³/mol. The minimum absolute atomic E-state index is 0. The number of hydrogen-bond acceptors (Lipinski definition) is 19. The van der Waals surface area contributed by atoms with E-state index < -0.39 is 5.60 Å². The number of pyridine rings is 3. The first kappa shape index (κ1) is 76.4. The molecule has 3 aliphatic rings. The average Bonchev–Trinajstić information content (AvgIpc) is 1.76. The molecule has 0 radical (unpaired) electrons. The summed E-state index contributed by atoms with van der Waals surface area (Å²) in [5, 5.41) is 58.0. The van der Waals surface area contributed by atoms with Crippen LogP contribution >= 0.6 is 162 Å². The Morgan fingerprint density at radius 2 is 0.879 bits per heavy atom. The topological polar surface area (TPSA) is 259 Å². The van der Waals surface area contributed by atoms with Gasteiger partial charge in [0, 0.05) is 47.2 Å². The summed E-state index contributed by atoms with van der Waals surface area (Å²) in [5.74, 6) is 2.00. The second-order valence-electron chi connectivity index (χ2n) is 26.4. The normalized spacial score (nSPS) is 14.8. The van der Waals surface area contributed by atoms with E-state index in [0.29, 0.717) is 58.8 Å². The van der Waals surface area contributed by atoms with Crippen LogP contribution in [0.3, 0.4) is 0 Å². The zero-order chi connectivity index (χ0) is 65.4. The molecule has 9 aromatic rings. The van der Waals surface area contributed by atoms with Crippen molar-refractivity contribution in [1.29, 1.82) is 0 Å². The number of nitrogens with one attached hydrogen (secondary N) is 2. The van der Waals surface area contributed by atoms with Crippen LogP contribution in [0.1, 0.15) is 186 Å². The fourth-order valence-corrected chi connectivity index (χ4v) is 431. The summed E-state index contributed by atoms with van der Waals surface area (Å²) in [6.45, 7) is 25.0. The van der Waals surface area contributed by atoms with E-state index in [-0.39, 0.29) is 54.0 Å². The molecular formula is C63H81ClI8N14O2S3. The van der Waals surface area contributed by atoms with E-state index in [9.17, 15) is 5.11 Å². The molecule has 0 spiro atoms. The van der Waals surface area contributed by atoms with E-state index in [1.807, 2.05) is 18.2 Å². The summed E-state index contributed by atoms with van der Waals surface area (Å²) in [5.41, 5.74) is 32.3. The number of benzene rings is 3. The van der Waals surface area contributed by atoms with Crippen LogP contribution in [-0.2, 0) is 16.2 Å². The number of nitrogen functional groups attached to an aromatic ring is 3. The Labute approximate surface area is 615 Å². The Kier molecular flexibility index (Phi) is 27.1. The Morgan fingerprint density at radius 3 is 1.22 bits per heavy atom. The molecule has 3 fully saturated rings. The molecule has 6 heterocycles. The van der Waals surface area contributed by atoms with Crippen molar-refractivity contribution < 1.29 is 10.2 Å². The maximum absolute atomic E-state index is 9.86. The SMILES string of the molecule is C.CC(C)(C)c1cc(C2CC2)cc2c(Cl)cc(-c3nnc(N)s3)nc12.CC(C)(C)c1cc(C2CC2)cc2c(N)cc(-c3nnc(NCCCO)s3)nc12.CC(C)(O)CCNc1nnc(-c2cc(N)c3cc(C4CC4)cc(C(C)(C)C)c3n2)s1.II(I)I(I)I(I)I. The van der Waals surface area contributed by atoms with E-state index in [4.69, 9.17) is 48.9 Å². The van der Waals surface area contributed by atoms with E-state index in [0.717, 1.165) is 81.4 Å². The van der Waals surface area contributed by atoms with Gasteiger partial charge in [-0.2, -0.15) is 0 Å². The van der Waals surface area contributed by atoms with Crippen LogP contribution < -0.4 is 27.8 Å². The molecule has 16 nitrogen and oxygen atoms in total. The number of fused-ring (bicyclic) bond motifs is 3. The number of hydrogen-bond donors (Lipinski definition) is 7. The first-order valence-corrected chi connectivity index (χ1v) is 76.3. The van der Waals surface area contributed by atoms with Gasteiger partial charge >= 0.3 is 117 Å². The number of aliphatic hydroxyl groups excluding tert-OH is 1. The van der Waals surface area contributed by atoms with E-state index in [2.05, 4.69) is 233 Å². The van der Waals surface area contributed by atoms with Crippen LogP contribution in [0.15, 0.2) is 54.6 Å². The first-order valence-electron chi connectivity index (χ1n) is 29.4. The Morgan fingerprint density at radius 1 is 0.516 bits per heavy atom. The summed E-state index contributed by atoms with van der Waals surface area (Å²) < 4.78 is 0. The summed E-state index contributed by atoms with van der Waals surface area (Å²) >= 11 is 24.5. The van der Waals surface area contributed by atoms with E-state index in [1.54, 1.807) is 13.8 Å². The third-order valence-corrected chi connectivity index (χ3v) is 348. The summed E-state index contributed by atoms with van der Waals surface area (Å²) in [6.07, 6.45) is 8.87. The summed E-state index contributed by atoms with van der Waals surface area (Å²) in [6, 6.07) is 19.3. The van der Waals surface area contributed by atoms with Gasteiger partial charge in [0.05, 0.1) is 27.2 Å². The van der Waals surface area contributed by atoms with Crippen LogP contribution in [0.2, 0.25) is 5.02 Å². The van der Waals surface area contributed by atoms with Gasteiger partial charge in [-0.25, -0.2) is 15.0 Å². The molecular weight excluding hydrogens is 2130 g/mol. The van der Waals surface area contributed by atoms with Crippen LogP contribution in [0.25, 0.3) is 64.8 Å². The number of halogens is 9. The monoisotopic (exact) mass is 2210 g/mol. The first-order chi connectivity index (χ1) is 42.3. The van der Waals surface area contributed by atoms with Gasteiger partial charge in [0.2, 0.25) is 15.4 Å². The van der Waals surface area contributed by atoms with Gasteiger partial charge in [0.1, 0.15) is 17.1 Å². The quantitative estimate of drug-likeness (QED) is 0.0350. The number of aromatic nitrogens is 9. The van der Waals surface area contributed by atoms with Gasteiger partial charge in [0.15, 0.2) is 15.0 Å². The molecule has 0 aliphatic heterocycles. The molecule has 12 rings (SSSR count). The van der Waals surface area contributed by atoms with Crippen molar-refractivity contribution in [2.24, 2.45) is 0 Å². The molecule has 0 unspecified atom stereocenters. The van der Waals surface area contributed by atoms with Gasteiger partial charge in [0.25, 0.3) is 0 Å². The van der Waals surface area contributed by atoms with Crippen molar-refractivity contribution in [3.63, 3.8) is 0 Å². The molecule has 0 atom stereocenters. The minimum atomic E-state index is -0.711. The van der Waals surface area contributed by atoms with Crippen LogP contribution in [0, 0.1) is 0 Å². The van der Waals surface area contributed by atoms with Crippen molar-refractivity contribution in [3.8, 4) is 32.1 Å². The Bertz CT molecular complexity index is 4000. The van der Waals surface area contributed by atoms with Gasteiger partial charge in [-0.15, -0.1) is 30.6 Å². The fraction of sp³-hybridized carbons (Fsp3) is 0.476. The maximum atomic E-state index is 9.86. The molecule has 3 saturated carbocycles. The third kappa shape index (κ3) is 20.9. The molecule has 3 aliphatic carbocycles. The molecule has 0 amide bonds. The van der Waals surface area contributed by atoms with Gasteiger partial charge in [-0.1, -0.05) is 134 Å². The van der Waals surface area contributed by atoms with Crippen molar-refractivity contribution in [2.45, 2.75) is 175 Å². The zero-order valence-electron chi connectivity index (χ0n) is 52.0. The van der Waals surface area contributed by atoms with Crippen molar-refractivity contribution >= 4 is 222 Å². The second kappa shape index (κ2) is 32.3. The molecule has 10 N–H and O–H groups in total. The van der Waals surface area contributed by atoms with Gasteiger partial charge in [-0.05, 0) is 169 Å². The standard InChI is InChI=1S/C23H31N5OS.C21H27N5OS.C18H19ClN4S.CH4.I8/c1-22(2,3)16-11-14(13-6-7-13)10-15-17(24)12-18(26-19(15)16)20-27-28-21(30-20)25-9-8-23(4,5)29;1-21(2,3)15-10-13(12-5-6-12)9-14-16(22)11-17(24-18(14)15)19-25-26-20(28-19)23-7-4-8-27;1-18(2,3)12-7-10(9-4-5-9)6-11-13(19)8-14(21-15(11)12)16-22-23-17(20)24-16;;1-6(2)8(5)7(3)4/h10-13,29H,6-9H2,1-5H3,(H2,24,26)(H,25,28);9-12,27H,4-8H2,1-3H3,(H2,22,24)(H,23,26);6-9H,4-5H2,1-3H3,(H2,20,23);1H4;. The molecule has 6 aromatic heterocycles. The van der Waals surface area contributed by atoms with E-state index >= 15 is 0 Å². The predicted octanol–water partition coefficient (Wildman–Crippen LogP) is 22.3. The molecule has 3 aromatic carbocycles. The van der Waals surface area contributed by atoms with Gasteiger partial charge < -0.3 is 38.0 Å². The van der Waals surface area contributed by atoms with Crippen LogP contribution in [-0.4, -0.2) is 81.1 Å². The Hall–Kier alpha value is -0.380. The van der Waals surface area contributed by atoms with Crippen LogP contribution in [0.5, 0.6) is 0 Å². The molecule has 496 valence electrons. The van der Waals surface area contributed by atoms with Crippen molar-refractivity contribution in [1.82, 2.24) is 45.5 Å². The Balaban J connectivity index is 0.000000166. The molecule has 0 saturated heterocycles. The average molecular weight is 2210 g/mol. The van der Waals surface area contributed by atoms with Crippen LogP contribution in [0.4, 0.5) is 26.8 Å². The van der Waals surface area contributed by atoms with Crippen molar-refractivity contribution in [2.75, 3.05) is 47.5 Å². The third-order valence-electron chi connectivity index (χ3n) is 15.1. The fourth-order valence-electron chi connectivity index (χ4n) is 9.98. The zero-order valence-corrected chi connectivity index (χ0v) is 72.4. The van der Waals surface area contributed by atoms with Crippen molar-refractivity contribution in [3.05, 3.63) is 93.0 Å². The summed E-state index contributed by atoms with van der Waals surface area (Å²) in [4.78, 5) is 14.8. The van der Waals surface area contributed by atoms with E-state index in [1.165, 1.54) is 106 Å².